The van der Waals surface area contributed by atoms with Crippen molar-refractivity contribution in [1.29, 1.82) is 0 Å². The third-order valence-corrected chi connectivity index (χ3v) is 8.86. The van der Waals surface area contributed by atoms with E-state index >= 15 is 0 Å². The molecule has 0 amide bonds. The Balaban J connectivity index is 1.48. The molecule has 2 radical (unpaired) electrons. The van der Waals surface area contributed by atoms with Crippen LogP contribution in [0.1, 0.15) is 22.3 Å². The van der Waals surface area contributed by atoms with Gasteiger partial charge in [0.2, 0.25) is 0 Å². The molecule has 1 spiro atoms. The van der Waals surface area contributed by atoms with E-state index in [9.17, 15) is 0 Å². The van der Waals surface area contributed by atoms with Gasteiger partial charge in [0.05, 0.1) is 16.6 Å². The molecule has 7 aromatic rings. The van der Waals surface area contributed by atoms with Gasteiger partial charge in [-0.25, -0.2) is 4.98 Å². The van der Waals surface area contributed by atoms with Crippen LogP contribution in [0.15, 0.2) is 133 Å². The lowest BCUT2D eigenvalue weighted by Crippen LogP contribution is -2.32. The Morgan fingerprint density at radius 1 is 0.537 bits per heavy atom. The SMILES string of the molecule is [B]c1ccc(-c2nc3ccccc3c3c4c(ccc23)C2(c3ccccc3O4)c3ccccc3-c3ccccc32)cc1. The van der Waals surface area contributed by atoms with Gasteiger partial charge in [-0.2, -0.15) is 0 Å². The van der Waals surface area contributed by atoms with E-state index in [4.69, 9.17) is 17.6 Å². The Morgan fingerprint density at radius 3 is 1.93 bits per heavy atom. The maximum atomic E-state index is 6.98. The van der Waals surface area contributed by atoms with Crippen LogP contribution in [0.25, 0.3) is 44.1 Å². The fourth-order valence-corrected chi connectivity index (χ4v) is 7.21. The fourth-order valence-electron chi connectivity index (χ4n) is 7.21. The highest BCUT2D eigenvalue weighted by Gasteiger charge is 2.51. The molecule has 1 aromatic heterocycles. The van der Waals surface area contributed by atoms with E-state index in [1.54, 1.807) is 0 Å². The summed E-state index contributed by atoms with van der Waals surface area (Å²) in [7, 11) is 6.05. The maximum absolute atomic E-state index is 6.98. The lowest BCUT2D eigenvalue weighted by Gasteiger charge is -2.40. The minimum Gasteiger partial charge on any atom is -0.456 e. The van der Waals surface area contributed by atoms with Gasteiger partial charge in [0.1, 0.15) is 19.3 Å². The Hall–Kier alpha value is -5.15. The van der Waals surface area contributed by atoms with Crippen LogP contribution in [0.4, 0.5) is 0 Å². The van der Waals surface area contributed by atoms with Gasteiger partial charge in [0.25, 0.3) is 0 Å². The molecule has 0 saturated carbocycles. The normalized spacial score (nSPS) is 13.9. The highest BCUT2D eigenvalue weighted by Crippen LogP contribution is 2.63. The molecule has 0 unspecified atom stereocenters. The predicted octanol–water partition coefficient (Wildman–Crippen LogP) is 8.32. The molecule has 2 nitrogen and oxygen atoms in total. The van der Waals surface area contributed by atoms with Crippen LogP contribution in [0.2, 0.25) is 0 Å². The first-order valence-electron chi connectivity index (χ1n) is 13.9. The molecule has 0 fully saturated rings. The average Bonchev–Trinajstić information content (AvgIpc) is 3.32. The highest BCUT2D eigenvalue weighted by molar-refractivity contribution is 6.32. The van der Waals surface area contributed by atoms with Crippen molar-refractivity contribution >= 4 is 35.0 Å². The Labute approximate surface area is 239 Å². The lowest BCUT2D eigenvalue weighted by molar-refractivity contribution is 0.442. The summed E-state index contributed by atoms with van der Waals surface area (Å²) in [5.74, 6) is 1.77. The number of pyridine rings is 1. The summed E-state index contributed by atoms with van der Waals surface area (Å²) in [6.07, 6.45) is 0. The molecule has 1 aliphatic heterocycles. The standard InChI is InChI=1S/C38H22BNO/c39-24-19-17-23(18-20-24)36-28-21-22-32-37(35(28)27-11-3-7-15-33(27)40-36)41-34-16-8-6-14-31(34)38(32)29-12-4-1-9-25(29)26-10-2-5-13-30(26)38/h1-22H. The lowest BCUT2D eigenvalue weighted by atomic mass is 9.65. The van der Waals surface area contributed by atoms with Crippen molar-refractivity contribution in [1.82, 2.24) is 4.98 Å². The number of hydrogen-bond acceptors (Lipinski definition) is 2. The van der Waals surface area contributed by atoms with Crippen molar-refractivity contribution in [3.63, 3.8) is 0 Å². The van der Waals surface area contributed by atoms with Gasteiger partial charge in [-0.05, 0) is 34.4 Å². The summed E-state index contributed by atoms with van der Waals surface area (Å²) in [4.78, 5) is 5.16. The molecule has 0 bridgehead atoms. The number of hydrogen-bond donors (Lipinski definition) is 0. The van der Waals surface area contributed by atoms with Gasteiger partial charge < -0.3 is 4.74 Å². The number of rotatable bonds is 1. The monoisotopic (exact) mass is 519 g/mol. The maximum Gasteiger partial charge on any atom is 0.140 e. The van der Waals surface area contributed by atoms with Crippen molar-refractivity contribution in [2.45, 2.75) is 5.41 Å². The third-order valence-electron chi connectivity index (χ3n) is 8.86. The molecule has 0 N–H and O–H groups in total. The minimum absolute atomic E-state index is 0.503. The van der Waals surface area contributed by atoms with E-state index in [0.717, 1.165) is 55.5 Å². The van der Waals surface area contributed by atoms with Gasteiger partial charge in [0.15, 0.2) is 0 Å². The van der Waals surface area contributed by atoms with Crippen molar-refractivity contribution in [2.75, 3.05) is 0 Å². The van der Waals surface area contributed by atoms with Gasteiger partial charge in [-0.1, -0.05) is 127 Å². The second-order valence-electron chi connectivity index (χ2n) is 10.9. The van der Waals surface area contributed by atoms with E-state index in [1.165, 1.54) is 27.8 Å². The van der Waals surface area contributed by atoms with Gasteiger partial charge in [0, 0.05) is 32.8 Å². The third kappa shape index (κ3) is 2.90. The van der Waals surface area contributed by atoms with Crippen LogP contribution in [0.3, 0.4) is 0 Å². The number of para-hydroxylation sites is 2. The van der Waals surface area contributed by atoms with Crippen molar-refractivity contribution in [3.05, 3.63) is 156 Å². The van der Waals surface area contributed by atoms with Gasteiger partial charge >= 0.3 is 0 Å². The number of ether oxygens (including phenoxy) is 1. The highest BCUT2D eigenvalue weighted by atomic mass is 16.5. The van der Waals surface area contributed by atoms with Gasteiger partial charge in [-0.15, -0.1) is 0 Å². The summed E-state index contributed by atoms with van der Waals surface area (Å²) in [5.41, 5.74) is 10.5. The van der Waals surface area contributed by atoms with Gasteiger partial charge in [-0.3, -0.25) is 0 Å². The molecule has 188 valence electrons. The predicted molar refractivity (Wildman–Crippen MR) is 167 cm³/mol. The Kier molecular flexibility index (Phi) is 4.52. The molecule has 2 aliphatic rings. The number of fused-ring (bicyclic) bond motifs is 13. The first-order chi connectivity index (χ1) is 20.2. The average molecular weight is 519 g/mol. The largest absolute Gasteiger partial charge is 0.456 e. The number of benzene rings is 6. The Bertz CT molecular complexity index is 2150. The van der Waals surface area contributed by atoms with Crippen LogP contribution < -0.4 is 10.2 Å². The summed E-state index contributed by atoms with van der Waals surface area (Å²) in [6, 6.07) is 47.0. The van der Waals surface area contributed by atoms with E-state index in [-0.39, 0.29) is 0 Å². The van der Waals surface area contributed by atoms with E-state index in [1.807, 2.05) is 30.3 Å². The number of aromatic nitrogens is 1. The van der Waals surface area contributed by atoms with Crippen molar-refractivity contribution < 1.29 is 4.74 Å². The van der Waals surface area contributed by atoms with Crippen molar-refractivity contribution in [3.8, 4) is 33.9 Å². The zero-order valence-electron chi connectivity index (χ0n) is 22.1. The molecule has 0 atom stereocenters. The van der Waals surface area contributed by atoms with Crippen LogP contribution in [-0.2, 0) is 5.41 Å². The molecular formula is C38H22BNO. The summed E-state index contributed by atoms with van der Waals surface area (Å²) in [6.45, 7) is 0. The second-order valence-corrected chi connectivity index (χ2v) is 10.9. The zero-order chi connectivity index (χ0) is 27.1. The first kappa shape index (κ1) is 22.6. The summed E-state index contributed by atoms with van der Waals surface area (Å²) < 4.78 is 6.98. The molecule has 41 heavy (non-hydrogen) atoms. The molecular weight excluding hydrogens is 497 g/mol. The van der Waals surface area contributed by atoms with E-state index in [2.05, 4.69) is 103 Å². The molecule has 1 aliphatic carbocycles. The van der Waals surface area contributed by atoms with Crippen LogP contribution >= 0.6 is 0 Å². The smallest absolute Gasteiger partial charge is 0.140 e. The van der Waals surface area contributed by atoms with E-state index in [0.29, 0.717) is 0 Å². The molecule has 0 saturated heterocycles. The van der Waals surface area contributed by atoms with Crippen LogP contribution in [0.5, 0.6) is 11.5 Å². The summed E-state index contributed by atoms with van der Waals surface area (Å²) in [5, 5.41) is 3.21. The quantitative estimate of drug-likeness (QED) is 0.161. The number of nitrogens with zero attached hydrogens (tertiary/aromatic N) is 1. The minimum atomic E-state index is -0.503. The zero-order valence-corrected chi connectivity index (χ0v) is 22.1. The fraction of sp³-hybridized carbons (Fsp3) is 0.0263. The van der Waals surface area contributed by atoms with Crippen molar-refractivity contribution in [2.24, 2.45) is 0 Å². The topological polar surface area (TPSA) is 22.1 Å². The van der Waals surface area contributed by atoms with Crippen LogP contribution in [0, 0.1) is 0 Å². The Morgan fingerprint density at radius 2 is 1.17 bits per heavy atom. The van der Waals surface area contributed by atoms with Crippen LogP contribution in [-0.4, -0.2) is 12.8 Å². The van der Waals surface area contributed by atoms with E-state index < -0.39 is 5.41 Å². The summed E-state index contributed by atoms with van der Waals surface area (Å²) >= 11 is 0. The second kappa shape index (κ2) is 8.19. The molecule has 2 heterocycles. The first-order valence-corrected chi connectivity index (χ1v) is 13.9. The molecule has 6 aromatic carbocycles. The molecule has 3 heteroatoms. The molecule has 9 rings (SSSR count).